The number of benzene rings is 1. The minimum Gasteiger partial charge on any atom is -0.370 e. The van der Waals surface area contributed by atoms with E-state index in [1.165, 1.54) is 6.33 Å². The third-order valence-corrected chi connectivity index (χ3v) is 2.79. The first kappa shape index (κ1) is 13.9. The molecule has 100 valence electrons. The molecule has 1 heterocycles. The number of hydrogen-bond donors (Lipinski definition) is 2. The molecule has 0 amide bonds. The summed E-state index contributed by atoms with van der Waals surface area (Å²) in [7, 11) is 0. The molecule has 1 aromatic heterocycles. The summed E-state index contributed by atoms with van der Waals surface area (Å²) >= 11 is 11.9. The van der Waals surface area contributed by atoms with E-state index in [-0.39, 0.29) is 0 Å². The van der Waals surface area contributed by atoms with Gasteiger partial charge in [0.2, 0.25) is 0 Å². The van der Waals surface area contributed by atoms with Gasteiger partial charge in [0.05, 0.1) is 0 Å². The molecule has 2 N–H and O–H groups in total. The molecule has 0 aliphatic heterocycles. The summed E-state index contributed by atoms with van der Waals surface area (Å²) < 4.78 is 0. The van der Waals surface area contributed by atoms with Crippen molar-refractivity contribution in [3.8, 4) is 0 Å². The van der Waals surface area contributed by atoms with Crippen LogP contribution in [0.25, 0.3) is 0 Å². The summed E-state index contributed by atoms with van der Waals surface area (Å²) in [5.41, 5.74) is 0.789. The van der Waals surface area contributed by atoms with Gasteiger partial charge in [-0.3, -0.25) is 0 Å². The lowest BCUT2D eigenvalue weighted by atomic mass is 10.3. The van der Waals surface area contributed by atoms with Gasteiger partial charge in [-0.15, -0.1) is 0 Å². The molecular formula is C13H14Cl2N4. The zero-order valence-electron chi connectivity index (χ0n) is 10.5. The van der Waals surface area contributed by atoms with Crippen molar-refractivity contribution in [3.63, 3.8) is 0 Å². The second-order valence-electron chi connectivity index (χ2n) is 4.00. The number of anilines is 3. The highest BCUT2D eigenvalue weighted by molar-refractivity contribution is 6.35. The predicted molar refractivity (Wildman–Crippen MR) is 80.6 cm³/mol. The number of aromatic nitrogens is 2. The van der Waals surface area contributed by atoms with Crippen LogP contribution in [0.1, 0.15) is 13.3 Å². The van der Waals surface area contributed by atoms with Gasteiger partial charge in [0.15, 0.2) is 0 Å². The van der Waals surface area contributed by atoms with E-state index in [0.717, 1.165) is 24.5 Å². The highest BCUT2D eigenvalue weighted by Gasteiger charge is 2.01. The van der Waals surface area contributed by atoms with Crippen molar-refractivity contribution in [2.45, 2.75) is 13.3 Å². The van der Waals surface area contributed by atoms with Crippen LogP contribution in [0, 0.1) is 0 Å². The third kappa shape index (κ3) is 4.26. The molecule has 0 aliphatic rings. The molecule has 0 saturated carbocycles. The van der Waals surface area contributed by atoms with Crippen molar-refractivity contribution >= 4 is 40.5 Å². The van der Waals surface area contributed by atoms with E-state index in [1.54, 1.807) is 18.2 Å². The summed E-state index contributed by atoms with van der Waals surface area (Å²) in [6.07, 6.45) is 2.54. The molecule has 19 heavy (non-hydrogen) atoms. The van der Waals surface area contributed by atoms with Gasteiger partial charge in [-0.2, -0.15) is 0 Å². The van der Waals surface area contributed by atoms with Gasteiger partial charge in [-0.25, -0.2) is 9.97 Å². The quantitative estimate of drug-likeness (QED) is 0.861. The number of nitrogens with one attached hydrogen (secondary N) is 2. The lowest BCUT2D eigenvalue weighted by Gasteiger charge is -2.08. The molecule has 0 bridgehead atoms. The highest BCUT2D eigenvalue weighted by Crippen LogP contribution is 2.24. The van der Waals surface area contributed by atoms with Crippen LogP contribution in [0.5, 0.6) is 0 Å². The molecule has 0 saturated heterocycles. The second-order valence-corrected chi connectivity index (χ2v) is 4.87. The van der Waals surface area contributed by atoms with Gasteiger partial charge >= 0.3 is 0 Å². The molecule has 0 fully saturated rings. The van der Waals surface area contributed by atoms with Crippen LogP contribution in [-0.4, -0.2) is 16.5 Å². The van der Waals surface area contributed by atoms with Gasteiger partial charge in [0, 0.05) is 28.3 Å². The first-order chi connectivity index (χ1) is 9.17. The van der Waals surface area contributed by atoms with Crippen molar-refractivity contribution in [1.29, 1.82) is 0 Å². The smallest absolute Gasteiger partial charge is 0.135 e. The Hall–Kier alpha value is -1.52. The van der Waals surface area contributed by atoms with Crippen LogP contribution in [0.3, 0.4) is 0 Å². The summed E-state index contributed by atoms with van der Waals surface area (Å²) in [6, 6.07) is 7.09. The number of nitrogens with zero attached hydrogens (tertiary/aromatic N) is 2. The fraction of sp³-hybridized carbons (Fsp3) is 0.231. The molecule has 0 radical (unpaired) electrons. The second kappa shape index (κ2) is 6.59. The molecule has 0 atom stereocenters. The number of rotatable bonds is 5. The molecule has 4 nitrogen and oxygen atoms in total. The Bertz CT molecular complexity index is 540. The molecule has 0 unspecified atom stereocenters. The lowest BCUT2D eigenvalue weighted by Crippen LogP contribution is -2.03. The van der Waals surface area contributed by atoms with Gasteiger partial charge in [-0.1, -0.05) is 30.1 Å². The molecule has 2 aromatic rings. The Balaban J connectivity index is 2.13. The Labute approximate surface area is 122 Å². The van der Waals surface area contributed by atoms with Crippen molar-refractivity contribution in [3.05, 3.63) is 40.6 Å². The van der Waals surface area contributed by atoms with Crippen LogP contribution in [-0.2, 0) is 0 Å². The summed E-state index contributed by atoms with van der Waals surface area (Å²) in [6.45, 7) is 2.97. The topological polar surface area (TPSA) is 49.8 Å². The maximum atomic E-state index is 5.95. The minimum absolute atomic E-state index is 0.577. The fourth-order valence-corrected chi connectivity index (χ4v) is 2.08. The Morgan fingerprint density at radius 2 is 1.68 bits per heavy atom. The molecule has 6 heteroatoms. The summed E-state index contributed by atoms with van der Waals surface area (Å²) in [5.74, 6) is 1.47. The van der Waals surface area contributed by atoms with Crippen LogP contribution in [0.2, 0.25) is 10.0 Å². The number of hydrogen-bond acceptors (Lipinski definition) is 4. The Morgan fingerprint density at radius 1 is 1.00 bits per heavy atom. The monoisotopic (exact) mass is 296 g/mol. The van der Waals surface area contributed by atoms with Crippen LogP contribution < -0.4 is 10.6 Å². The normalized spacial score (nSPS) is 10.3. The first-order valence-electron chi connectivity index (χ1n) is 5.96. The van der Waals surface area contributed by atoms with E-state index in [2.05, 4.69) is 27.5 Å². The standard InChI is InChI=1S/C13H14Cl2N4/c1-2-3-16-12-7-13(18-8-17-12)19-11-5-9(14)4-10(15)6-11/h4-8H,2-3H2,1H3,(H2,16,17,18,19). The van der Waals surface area contributed by atoms with Gasteiger partial charge in [0.25, 0.3) is 0 Å². The molecule has 0 aliphatic carbocycles. The molecular weight excluding hydrogens is 283 g/mol. The highest BCUT2D eigenvalue weighted by atomic mass is 35.5. The maximum Gasteiger partial charge on any atom is 0.135 e. The first-order valence-corrected chi connectivity index (χ1v) is 6.72. The average molecular weight is 297 g/mol. The van der Waals surface area contributed by atoms with Gasteiger partial charge < -0.3 is 10.6 Å². The summed E-state index contributed by atoms with van der Waals surface area (Å²) in [5, 5.41) is 7.50. The van der Waals surface area contributed by atoms with E-state index >= 15 is 0 Å². The van der Waals surface area contributed by atoms with Crippen LogP contribution in [0.4, 0.5) is 17.3 Å². The van der Waals surface area contributed by atoms with Crippen LogP contribution in [0.15, 0.2) is 30.6 Å². The van der Waals surface area contributed by atoms with Crippen molar-refractivity contribution in [1.82, 2.24) is 9.97 Å². The Kier molecular flexibility index (Phi) is 4.82. The molecule has 1 aromatic carbocycles. The van der Waals surface area contributed by atoms with Crippen molar-refractivity contribution in [2.75, 3.05) is 17.2 Å². The molecule has 2 rings (SSSR count). The van der Waals surface area contributed by atoms with E-state index < -0.39 is 0 Å². The zero-order chi connectivity index (χ0) is 13.7. The fourth-order valence-electron chi connectivity index (χ4n) is 1.55. The SMILES string of the molecule is CCCNc1cc(Nc2cc(Cl)cc(Cl)c2)ncn1. The van der Waals surface area contributed by atoms with E-state index in [4.69, 9.17) is 23.2 Å². The predicted octanol–water partition coefficient (Wildman–Crippen LogP) is 4.35. The largest absolute Gasteiger partial charge is 0.370 e. The van der Waals surface area contributed by atoms with E-state index in [1.807, 2.05) is 6.07 Å². The minimum atomic E-state index is 0.577. The van der Waals surface area contributed by atoms with Crippen LogP contribution >= 0.6 is 23.2 Å². The lowest BCUT2D eigenvalue weighted by molar-refractivity contribution is 0.965. The van der Waals surface area contributed by atoms with Crippen molar-refractivity contribution in [2.24, 2.45) is 0 Å². The third-order valence-electron chi connectivity index (χ3n) is 2.36. The zero-order valence-corrected chi connectivity index (χ0v) is 12.0. The maximum absolute atomic E-state index is 5.95. The molecule has 0 spiro atoms. The van der Waals surface area contributed by atoms with E-state index in [0.29, 0.717) is 15.9 Å². The van der Waals surface area contributed by atoms with Gasteiger partial charge in [0.1, 0.15) is 18.0 Å². The Morgan fingerprint density at radius 3 is 2.37 bits per heavy atom. The summed E-state index contributed by atoms with van der Waals surface area (Å²) in [4.78, 5) is 8.29. The number of halogens is 2. The van der Waals surface area contributed by atoms with Gasteiger partial charge in [-0.05, 0) is 24.6 Å². The average Bonchev–Trinajstić information content (AvgIpc) is 2.35. The van der Waals surface area contributed by atoms with Crippen molar-refractivity contribution < 1.29 is 0 Å². The van der Waals surface area contributed by atoms with E-state index in [9.17, 15) is 0 Å².